The Hall–Kier alpha value is -2.04. The van der Waals surface area contributed by atoms with E-state index in [-0.39, 0.29) is 17.7 Å². The molecule has 1 aliphatic rings. The van der Waals surface area contributed by atoms with Gasteiger partial charge in [0.05, 0.1) is 5.69 Å². The summed E-state index contributed by atoms with van der Waals surface area (Å²) in [5, 5.41) is 5.61. The van der Waals surface area contributed by atoms with Crippen molar-refractivity contribution in [2.45, 2.75) is 39.7 Å². The molecule has 20 heavy (non-hydrogen) atoms. The lowest BCUT2D eigenvalue weighted by Crippen LogP contribution is -2.45. The highest BCUT2D eigenvalue weighted by Gasteiger charge is 2.36. The van der Waals surface area contributed by atoms with E-state index in [9.17, 15) is 9.59 Å². The summed E-state index contributed by atoms with van der Waals surface area (Å²) in [4.78, 5) is 23.8. The van der Waals surface area contributed by atoms with Crippen LogP contribution in [0, 0.1) is 5.92 Å². The van der Waals surface area contributed by atoms with Crippen LogP contribution in [-0.4, -0.2) is 17.4 Å². The largest absolute Gasteiger partial charge is 0.476 e. The minimum Gasteiger partial charge on any atom is -0.476 e. The van der Waals surface area contributed by atoms with Crippen LogP contribution in [0.3, 0.4) is 0 Å². The van der Waals surface area contributed by atoms with Crippen molar-refractivity contribution in [1.82, 2.24) is 0 Å². The predicted octanol–water partition coefficient (Wildman–Crippen LogP) is 2.78. The van der Waals surface area contributed by atoms with Crippen molar-refractivity contribution < 1.29 is 14.3 Å². The molecule has 108 valence electrons. The number of carbonyl (C=O) groups is 2. The fourth-order valence-corrected chi connectivity index (χ4v) is 2.01. The Labute approximate surface area is 118 Å². The van der Waals surface area contributed by atoms with Crippen LogP contribution in [0.15, 0.2) is 18.2 Å². The van der Waals surface area contributed by atoms with Gasteiger partial charge in [-0.25, -0.2) is 0 Å². The van der Waals surface area contributed by atoms with Crippen molar-refractivity contribution in [1.29, 1.82) is 0 Å². The number of anilines is 2. The first-order valence-electron chi connectivity index (χ1n) is 6.73. The zero-order chi connectivity index (χ0) is 14.9. The second-order valence-electron chi connectivity index (χ2n) is 5.89. The van der Waals surface area contributed by atoms with Gasteiger partial charge in [-0.15, -0.1) is 0 Å². The maximum atomic E-state index is 11.9. The number of ether oxygens (including phenoxy) is 1. The molecular formula is C15H20N2O3. The fourth-order valence-electron chi connectivity index (χ4n) is 2.01. The molecule has 1 aliphatic heterocycles. The Kier molecular flexibility index (Phi) is 3.70. The summed E-state index contributed by atoms with van der Waals surface area (Å²) in [6.07, 6.45) is 0.434. The fraction of sp³-hybridized carbons (Fsp3) is 0.467. The van der Waals surface area contributed by atoms with E-state index in [2.05, 4.69) is 10.6 Å². The van der Waals surface area contributed by atoms with Gasteiger partial charge in [-0.05, 0) is 31.9 Å². The highest BCUT2D eigenvalue weighted by molar-refractivity contribution is 6.05. The highest BCUT2D eigenvalue weighted by atomic mass is 16.5. The van der Waals surface area contributed by atoms with Crippen molar-refractivity contribution in [2.75, 3.05) is 10.6 Å². The number of hydrogen-bond acceptors (Lipinski definition) is 3. The number of amides is 2. The molecule has 0 spiro atoms. The lowest BCUT2D eigenvalue weighted by Gasteiger charge is -2.32. The lowest BCUT2D eigenvalue weighted by molar-refractivity contribution is -0.129. The maximum Gasteiger partial charge on any atom is 0.268 e. The van der Waals surface area contributed by atoms with Crippen LogP contribution in [0.1, 0.15) is 34.1 Å². The number of hydrogen-bond donors (Lipinski definition) is 2. The normalized spacial score (nSPS) is 16.1. The summed E-state index contributed by atoms with van der Waals surface area (Å²) in [7, 11) is 0. The molecule has 5 heteroatoms. The summed E-state index contributed by atoms with van der Waals surface area (Å²) >= 11 is 0. The topological polar surface area (TPSA) is 67.4 Å². The Bertz CT molecular complexity index is 550. The number of carbonyl (C=O) groups excluding carboxylic acids is 2. The van der Waals surface area contributed by atoms with E-state index in [0.29, 0.717) is 23.5 Å². The summed E-state index contributed by atoms with van der Waals surface area (Å²) in [6.45, 7) is 7.37. The monoisotopic (exact) mass is 276 g/mol. The highest BCUT2D eigenvalue weighted by Crippen LogP contribution is 2.38. The van der Waals surface area contributed by atoms with Gasteiger partial charge in [0.15, 0.2) is 5.60 Å². The Morgan fingerprint density at radius 2 is 2.10 bits per heavy atom. The molecule has 0 saturated heterocycles. The van der Waals surface area contributed by atoms with Crippen molar-refractivity contribution in [3.05, 3.63) is 18.2 Å². The van der Waals surface area contributed by atoms with Gasteiger partial charge >= 0.3 is 0 Å². The summed E-state index contributed by atoms with van der Waals surface area (Å²) in [6, 6.07) is 5.31. The minimum absolute atomic E-state index is 0.0764. The van der Waals surface area contributed by atoms with Crippen LogP contribution in [0.5, 0.6) is 5.75 Å². The van der Waals surface area contributed by atoms with E-state index in [4.69, 9.17) is 4.74 Å². The molecule has 2 amide bonds. The molecule has 1 aromatic carbocycles. The van der Waals surface area contributed by atoms with Gasteiger partial charge in [0.2, 0.25) is 5.91 Å². The van der Waals surface area contributed by atoms with Crippen molar-refractivity contribution in [3.8, 4) is 5.75 Å². The molecule has 2 rings (SSSR count). The molecule has 0 fully saturated rings. The number of benzene rings is 1. The standard InChI is InChI=1S/C15H20N2O3/c1-9(2)8-12(18)16-10-6-5-7-11-13(10)17-14(19)15(3,4)20-11/h5-7,9H,8H2,1-4H3,(H,16,18)(H,17,19). The van der Waals surface area contributed by atoms with Gasteiger partial charge in [-0.2, -0.15) is 0 Å². The van der Waals surface area contributed by atoms with E-state index >= 15 is 0 Å². The Morgan fingerprint density at radius 1 is 1.40 bits per heavy atom. The molecule has 0 aliphatic carbocycles. The minimum atomic E-state index is -0.909. The molecule has 0 bridgehead atoms. The van der Waals surface area contributed by atoms with Gasteiger partial charge in [-0.3, -0.25) is 9.59 Å². The molecule has 1 heterocycles. The van der Waals surface area contributed by atoms with Crippen LogP contribution >= 0.6 is 0 Å². The van der Waals surface area contributed by atoms with Crippen molar-refractivity contribution in [3.63, 3.8) is 0 Å². The van der Waals surface area contributed by atoms with Gasteiger partial charge in [0.1, 0.15) is 11.4 Å². The van der Waals surface area contributed by atoms with E-state index in [1.54, 1.807) is 32.0 Å². The first-order chi connectivity index (χ1) is 9.29. The predicted molar refractivity (Wildman–Crippen MR) is 77.9 cm³/mol. The average molecular weight is 276 g/mol. The zero-order valence-electron chi connectivity index (χ0n) is 12.2. The molecule has 0 unspecified atom stereocenters. The molecule has 5 nitrogen and oxygen atoms in total. The van der Waals surface area contributed by atoms with E-state index in [0.717, 1.165) is 0 Å². The van der Waals surface area contributed by atoms with Gasteiger partial charge in [0.25, 0.3) is 5.91 Å². The Balaban J connectivity index is 2.25. The van der Waals surface area contributed by atoms with E-state index in [1.807, 2.05) is 13.8 Å². The van der Waals surface area contributed by atoms with E-state index in [1.165, 1.54) is 0 Å². The number of para-hydroxylation sites is 1. The second-order valence-corrected chi connectivity index (χ2v) is 5.89. The van der Waals surface area contributed by atoms with Crippen LogP contribution in [0.2, 0.25) is 0 Å². The zero-order valence-corrected chi connectivity index (χ0v) is 12.2. The third-order valence-electron chi connectivity index (χ3n) is 3.04. The van der Waals surface area contributed by atoms with Crippen LogP contribution in [-0.2, 0) is 9.59 Å². The molecule has 2 N–H and O–H groups in total. The lowest BCUT2D eigenvalue weighted by atomic mass is 10.1. The molecule has 0 atom stereocenters. The van der Waals surface area contributed by atoms with Crippen molar-refractivity contribution >= 4 is 23.2 Å². The summed E-state index contributed by atoms with van der Waals surface area (Å²) < 4.78 is 5.67. The quantitative estimate of drug-likeness (QED) is 0.892. The summed E-state index contributed by atoms with van der Waals surface area (Å²) in [5.41, 5.74) is 0.180. The second kappa shape index (κ2) is 5.15. The summed E-state index contributed by atoms with van der Waals surface area (Å²) in [5.74, 6) is 0.541. The van der Waals surface area contributed by atoms with E-state index < -0.39 is 5.60 Å². The van der Waals surface area contributed by atoms with Crippen LogP contribution in [0.25, 0.3) is 0 Å². The number of fused-ring (bicyclic) bond motifs is 1. The van der Waals surface area contributed by atoms with Gasteiger partial charge in [-0.1, -0.05) is 19.9 Å². The molecule has 0 aromatic heterocycles. The van der Waals surface area contributed by atoms with Crippen molar-refractivity contribution in [2.24, 2.45) is 5.92 Å². The maximum absolute atomic E-state index is 11.9. The van der Waals surface area contributed by atoms with Gasteiger partial charge < -0.3 is 15.4 Å². The van der Waals surface area contributed by atoms with Crippen LogP contribution in [0.4, 0.5) is 11.4 Å². The SMILES string of the molecule is CC(C)CC(=O)Nc1cccc2c1NC(=O)C(C)(C)O2. The molecular weight excluding hydrogens is 256 g/mol. The average Bonchev–Trinajstić information content (AvgIpc) is 2.30. The number of nitrogens with one attached hydrogen (secondary N) is 2. The first kappa shape index (κ1) is 14.4. The Morgan fingerprint density at radius 3 is 2.75 bits per heavy atom. The molecule has 0 saturated carbocycles. The third-order valence-corrected chi connectivity index (χ3v) is 3.04. The number of rotatable bonds is 3. The molecule has 0 radical (unpaired) electrons. The smallest absolute Gasteiger partial charge is 0.268 e. The first-order valence-corrected chi connectivity index (χ1v) is 6.73. The third kappa shape index (κ3) is 2.92. The molecule has 1 aromatic rings. The van der Waals surface area contributed by atoms with Crippen LogP contribution < -0.4 is 15.4 Å². The van der Waals surface area contributed by atoms with Gasteiger partial charge in [0, 0.05) is 6.42 Å².